The fourth-order valence-corrected chi connectivity index (χ4v) is 1.53. The van der Waals surface area contributed by atoms with Crippen LogP contribution in [0.1, 0.15) is 11.1 Å². The number of hydrogen-bond acceptors (Lipinski definition) is 0. The maximum absolute atomic E-state index is 14.1. The van der Waals surface area contributed by atoms with E-state index < -0.39 is 5.83 Å². The predicted octanol–water partition coefficient (Wildman–Crippen LogP) is 5.72. The Kier molecular flexibility index (Phi) is 5.67. The lowest BCUT2D eigenvalue weighted by molar-refractivity contribution is 0.657. The van der Waals surface area contributed by atoms with Crippen LogP contribution in [0.25, 0.3) is 5.57 Å². The van der Waals surface area contributed by atoms with E-state index in [1.54, 1.807) is 18.2 Å². The zero-order valence-corrected chi connectivity index (χ0v) is 11.8. The Balaban J connectivity index is 2.87. The molecule has 0 saturated heterocycles. The number of aryl methyl sites for hydroxylation is 1. The van der Waals surface area contributed by atoms with E-state index in [2.05, 4.69) is 26.3 Å². The summed E-state index contributed by atoms with van der Waals surface area (Å²) >= 11 is 0. The maximum Gasteiger partial charge on any atom is 0.131 e. The Morgan fingerprint density at radius 2 is 1.70 bits per heavy atom. The molecule has 1 rings (SSSR count). The summed E-state index contributed by atoms with van der Waals surface area (Å²) in [5.74, 6) is -0.436. The largest absolute Gasteiger partial charge is 0.206 e. The average Bonchev–Trinajstić information content (AvgIpc) is 2.44. The van der Waals surface area contributed by atoms with Crippen LogP contribution >= 0.6 is 0 Å². The summed E-state index contributed by atoms with van der Waals surface area (Å²) in [5, 5.41) is 0. The van der Waals surface area contributed by atoms with E-state index in [0.29, 0.717) is 11.1 Å². The maximum atomic E-state index is 14.1. The number of rotatable bonds is 6. The Morgan fingerprint density at radius 3 is 2.25 bits per heavy atom. The van der Waals surface area contributed by atoms with Crippen molar-refractivity contribution in [2.24, 2.45) is 0 Å². The smallest absolute Gasteiger partial charge is 0.131 e. The summed E-state index contributed by atoms with van der Waals surface area (Å²) in [6.07, 6.45) is 6.33. The number of hydrogen-bond donors (Lipinski definition) is 0. The molecule has 102 valence electrons. The molecule has 0 heterocycles. The first kappa shape index (κ1) is 15.6. The fourth-order valence-electron chi connectivity index (χ4n) is 1.53. The van der Waals surface area contributed by atoms with Crippen LogP contribution in [0.15, 0.2) is 91.9 Å². The number of allylic oxidation sites excluding steroid dienone is 8. The van der Waals surface area contributed by atoms with Gasteiger partial charge < -0.3 is 0 Å². The minimum Gasteiger partial charge on any atom is -0.206 e. The van der Waals surface area contributed by atoms with Gasteiger partial charge in [0.25, 0.3) is 0 Å². The third-order valence-electron chi connectivity index (χ3n) is 2.83. The standard InChI is InChI=1S/C19H19F/c1-6-7-8-15(3)17(5)19(20)13-16(4)18-11-9-14(2)10-12-18/h6-13H,1,3-5H2,2H3/b8-7-,19-13+. The monoisotopic (exact) mass is 266 g/mol. The highest BCUT2D eigenvalue weighted by molar-refractivity contribution is 5.74. The van der Waals surface area contributed by atoms with Crippen molar-refractivity contribution < 1.29 is 4.39 Å². The topological polar surface area (TPSA) is 0 Å². The van der Waals surface area contributed by atoms with E-state index in [1.807, 2.05) is 31.2 Å². The van der Waals surface area contributed by atoms with Crippen molar-refractivity contribution in [2.75, 3.05) is 0 Å². The molecule has 1 aromatic carbocycles. The van der Waals surface area contributed by atoms with Crippen LogP contribution in [0.4, 0.5) is 4.39 Å². The van der Waals surface area contributed by atoms with E-state index in [-0.39, 0.29) is 5.57 Å². The van der Waals surface area contributed by atoms with Gasteiger partial charge in [-0.05, 0) is 29.7 Å². The summed E-state index contributed by atoms with van der Waals surface area (Å²) < 4.78 is 14.1. The van der Waals surface area contributed by atoms with Crippen molar-refractivity contribution in [3.05, 3.63) is 103 Å². The van der Waals surface area contributed by atoms with Crippen molar-refractivity contribution in [3.63, 3.8) is 0 Å². The molecule has 0 nitrogen and oxygen atoms in total. The molecule has 0 aliphatic rings. The van der Waals surface area contributed by atoms with Crippen molar-refractivity contribution >= 4 is 5.57 Å². The van der Waals surface area contributed by atoms with Gasteiger partial charge in [0.2, 0.25) is 0 Å². The molecule has 0 spiro atoms. The lowest BCUT2D eigenvalue weighted by Crippen LogP contribution is -1.87. The molecule has 0 aliphatic carbocycles. The molecule has 0 unspecified atom stereocenters. The zero-order chi connectivity index (χ0) is 15.1. The summed E-state index contributed by atoms with van der Waals surface area (Å²) in [6, 6.07) is 7.76. The molecule has 0 atom stereocenters. The van der Waals surface area contributed by atoms with E-state index in [4.69, 9.17) is 0 Å². The summed E-state index contributed by atoms with van der Waals surface area (Å²) in [4.78, 5) is 0. The molecule has 0 radical (unpaired) electrons. The van der Waals surface area contributed by atoms with Crippen LogP contribution in [0.3, 0.4) is 0 Å². The highest BCUT2D eigenvalue weighted by atomic mass is 19.1. The summed E-state index contributed by atoms with van der Waals surface area (Å²) in [5.41, 5.74) is 3.39. The molecule has 0 N–H and O–H groups in total. The third kappa shape index (κ3) is 4.36. The van der Waals surface area contributed by atoms with Gasteiger partial charge in [0.1, 0.15) is 5.83 Å². The second-order valence-electron chi connectivity index (χ2n) is 4.48. The van der Waals surface area contributed by atoms with Gasteiger partial charge in [-0.2, -0.15) is 0 Å². The Labute approximate surface area is 120 Å². The van der Waals surface area contributed by atoms with Gasteiger partial charge in [-0.3, -0.25) is 0 Å². The highest BCUT2D eigenvalue weighted by Gasteiger charge is 2.05. The first-order valence-electron chi connectivity index (χ1n) is 6.26. The van der Waals surface area contributed by atoms with E-state index in [9.17, 15) is 4.39 Å². The minimum absolute atomic E-state index is 0.247. The van der Waals surface area contributed by atoms with Crippen LogP contribution in [0.2, 0.25) is 0 Å². The normalized spacial score (nSPS) is 11.4. The molecule has 0 saturated carbocycles. The first-order valence-corrected chi connectivity index (χ1v) is 6.26. The molecule has 0 aromatic heterocycles. The van der Waals surface area contributed by atoms with E-state index in [1.165, 1.54) is 6.08 Å². The molecular formula is C19H19F. The molecule has 1 aromatic rings. The van der Waals surface area contributed by atoms with Crippen LogP contribution in [-0.4, -0.2) is 0 Å². The second kappa shape index (κ2) is 7.25. The molecule has 0 amide bonds. The van der Waals surface area contributed by atoms with Crippen molar-refractivity contribution in [2.45, 2.75) is 6.92 Å². The van der Waals surface area contributed by atoms with Gasteiger partial charge in [0.05, 0.1) is 0 Å². The quantitative estimate of drug-likeness (QED) is 0.578. The zero-order valence-electron chi connectivity index (χ0n) is 11.8. The SMILES string of the molecule is C=C/C=C\C(=C)C(=C)/C(F)=C\C(=C)c1ccc(C)cc1. The average molecular weight is 266 g/mol. The lowest BCUT2D eigenvalue weighted by Gasteiger charge is -2.05. The van der Waals surface area contributed by atoms with Crippen LogP contribution < -0.4 is 0 Å². The molecule has 0 fully saturated rings. The number of benzene rings is 1. The van der Waals surface area contributed by atoms with Crippen LogP contribution in [-0.2, 0) is 0 Å². The molecule has 1 heteroatoms. The Hall–Kier alpha value is -2.41. The van der Waals surface area contributed by atoms with Gasteiger partial charge in [0, 0.05) is 5.57 Å². The third-order valence-corrected chi connectivity index (χ3v) is 2.83. The lowest BCUT2D eigenvalue weighted by atomic mass is 10.0. The fraction of sp³-hybridized carbons (Fsp3) is 0.0526. The van der Waals surface area contributed by atoms with Crippen molar-refractivity contribution in [3.8, 4) is 0 Å². The van der Waals surface area contributed by atoms with Gasteiger partial charge >= 0.3 is 0 Å². The van der Waals surface area contributed by atoms with Gasteiger partial charge in [0.15, 0.2) is 0 Å². The van der Waals surface area contributed by atoms with Crippen LogP contribution in [0, 0.1) is 6.92 Å². The van der Waals surface area contributed by atoms with Gasteiger partial charge in [-0.25, -0.2) is 4.39 Å². The Bertz CT molecular complexity index is 595. The summed E-state index contributed by atoms with van der Waals surface area (Å²) in [7, 11) is 0. The number of halogens is 1. The first-order chi connectivity index (χ1) is 9.45. The van der Waals surface area contributed by atoms with Crippen LogP contribution in [0.5, 0.6) is 0 Å². The Morgan fingerprint density at radius 1 is 1.10 bits per heavy atom. The van der Waals surface area contributed by atoms with Gasteiger partial charge in [-0.15, -0.1) is 0 Å². The predicted molar refractivity (Wildman–Crippen MR) is 87.0 cm³/mol. The van der Waals surface area contributed by atoms with Crippen molar-refractivity contribution in [1.82, 2.24) is 0 Å². The van der Waals surface area contributed by atoms with E-state index >= 15 is 0 Å². The highest BCUT2D eigenvalue weighted by Crippen LogP contribution is 2.23. The van der Waals surface area contributed by atoms with Gasteiger partial charge in [-0.1, -0.05) is 74.4 Å². The van der Waals surface area contributed by atoms with Crippen molar-refractivity contribution in [1.29, 1.82) is 0 Å². The minimum atomic E-state index is -0.436. The summed E-state index contributed by atoms with van der Waals surface area (Å²) in [6.45, 7) is 16.9. The molecule has 20 heavy (non-hydrogen) atoms. The molecule has 0 aliphatic heterocycles. The van der Waals surface area contributed by atoms with E-state index in [0.717, 1.165) is 11.1 Å². The molecule has 0 bridgehead atoms. The molecular weight excluding hydrogens is 247 g/mol. The second-order valence-corrected chi connectivity index (χ2v) is 4.48.